The summed E-state index contributed by atoms with van der Waals surface area (Å²) in [6.07, 6.45) is 0. The van der Waals surface area contributed by atoms with Crippen molar-refractivity contribution >= 4 is 15.9 Å². The maximum atomic E-state index is 13.1. The summed E-state index contributed by atoms with van der Waals surface area (Å²) in [5, 5.41) is 0. The average molecular weight is 368 g/mol. The molecule has 0 saturated heterocycles. The summed E-state index contributed by atoms with van der Waals surface area (Å²) in [5.74, 6) is -0.124. The maximum absolute atomic E-state index is 13.1. The summed E-state index contributed by atoms with van der Waals surface area (Å²) in [4.78, 5) is 12.6. The first-order chi connectivity index (χ1) is 11.2. The number of hydrogen-bond donors (Lipinski definition) is 1. The molecule has 1 amide bonds. The van der Waals surface area contributed by atoms with E-state index in [4.69, 9.17) is 0 Å². The lowest BCUT2D eigenvalue weighted by atomic mass is 9.89. The van der Waals surface area contributed by atoms with E-state index in [0.29, 0.717) is 5.92 Å². The van der Waals surface area contributed by atoms with Crippen LogP contribution in [-0.2, 0) is 14.8 Å². The predicted octanol–water partition coefficient (Wildman–Crippen LogP) is 4.91. The molecule has 0 unspecified atom stereocenters. The van der Waals surface area contributed by atoms with Crippen molar-refractivity contribution in [2.24, 2.45) is 5.41 Å². The smallest absolute Gasteiger partial charge is 0.264 e. The minimum Gasteiger partial charge on any atom is -0.273 e. The highest BCUT2D eigenvalue weighted by Gasteiger charge is 2.31. The quantitative estimate of drug-likeness (QED) is 0.804. The van der Waals surface area contributed by atoms with Gasteiger partial charge in [-0.1, -0.05) is 74.4 Å². The Bertz CT molecular complexity index is 710. The number of sulfonamides is 1. The lowest BCUT2D eigenvalue weighted by molar-refractivity contribution is -0.126. The lowest BCUT2D eigenvalue weighted by Crippen LogP contribution is -2.39. The van der Waals surface area contributed by atoms with Crippen LogP contribution >= 0.6 is 0 Å². The SMILES string of the molecule is CC(C)c1cc(C(C)C)c(S(=O)(=O)NC(=O)C(C)(C)C)c(C(C)C)c1. The summed E-state index contributed by atoms with van der Waals surface area (Å²) < 4.78 is 28.5. The van der Waals surface area contributed by atoms with E-state index in [9.17, 15) is 13.2 Å². The normalized spacial score (nSPS) is 13.0. The van der Waals surface area contributed by atoms with E-state index in [0.717, 1.165) is 16.7 Å². The van der Waals surface area contributed by atoms with Gasteiger partial charge in [0.15, 0.2) is 0 Å². The Labute approximate surface area is 153 Å². The van der Waals surface area contributed by atoms with Crippen LogP contribution in [-0.4, -0.2) is 14.3 Å². The van der Waals surface area contributed by atoms with Crippen LogP contribution in [0.3, 0.4) is 0 Å². The Balaban J connectivity index is 3.69. The van der Waals surface area contributed by atoms with E-state index >= 15 is 0 Å². The van der Waals surface area contributed by atoms with Gasteiger partial charge in [0.05, 0.1) is 4.90 Å². The number of hydrogen-bond acceptors (Lipinski definition) is 3. The van der Waals surface area contributed by atoms with Gasteiger partial charge in [-0.2, -0.15) is 0 Å². The lowest BCUT2D eigenvalue weighted by Gasteiger charge is -2.24. The number of carbonyl (C=O) groups excluding carboxylic acids is 1. The zero-order valence-corrected chi connectivity index (χ0v) is 17.8. The summed E-state index contributed by atoms with van der Waals surface area (Å²) in [7, 11) is -3.94. The molecule has 0 aliphatic rings. The molecule has 0 radical (unpaired) electrons. The highest BCUT2D eigenvalue weighted by atomic mass is 32.2. The number of rotatable bonds is 5. The van der Waals surface area contributed by atoms with Crippen molar-refractivity contribution in [3.63, 3.8) is 0 Å². The topological polar surface area (TPSA) is 63.2 Å². The molecule has 1 N–H and O–H groups in total. The van der Waals surface area contributed by atoms with Gasteiger partial charge in [0.2, 0.25) is 5.91 Å². The summed E-state index contributed by atoms with van der Waals surface area (Å²) in [6.45, 7) is 17.2. The molecule has 0 heterocycles. The van der Waals surface area contributed by atoms with Gasteiger partial charge in [0.25, 0.3) is 10.0 Å². The van der Waals surface area contributed by atoms with E-state index in [1.165, 1.54) is 0 Å². The Kier molecular flexibility index (Phi) is 6.49. The van der Waals surface area contributed by atoms with Crippen molar-refractivity contribution in [3.8, 4) is 0 Å². The molecular weight excluding hydrogens is 334 g/mol. The first-order valence-corrected chi connectivity index (χ1v) is 10.4. The molecule has 4 nitrogen and oxygen atoms in total. The molecule has 0 spiro atoms. The minimum atomic E-state index is -3.94. The molecule has 0 fully saturated rings. The van der Waals surface area contributed by atoms with Gasteiger partial charge < -0.3 is 0 Å². The summed E-state index contributed by atoms with van der Waals surface area (Å²) in [5.41, 5.74) is 1.88. The molecular formula is C20H33NO3S. The largest absolute Gasteiger partial charge is 0.273 e. The third-order valence-corrected chi connectivity index (χ3v) is 5.72. The van der Waals surface area contributed by atoms with Crippen LogP contribution in [0.1, 0.15) is 96.8 Å². The van der Waals surface area contributed by atoms with Crippen LogP contribution in [0.25, 0.3) is 0 Å². The molecule has 0 aliphatic heterocycles. The van der Waals surface area contributed by atoms with Crippen LogP contribution in [0, 0.1) is 5.41 Å². The Hall–Kier alpha value is -1.36. The van der Waals surface area contributed by atoms with E-state index < -0.39 is 21.3 Å². The molecule has 0 bridgehead atoms. The van der Waals surface area contributed by atoms with Crippen LogP contribution in [0.15, 0.2) is 17.0 Å². The minimum absolute atomic E-state index is 0.0347. The highest BCUT2D eigenvalue weighted by molar-refractivity contribution is 7.90. The second-order valence-corrected chi connectivity index (χ2v) is 10.3. The zero-order valence-electron chi connectivity index (χ0n) is 17.0. The molecule has 0 atom stereocenters. The molecule has 1 aromatic carbocycles. The molecule has 1 rings (SSSR count). The second kappa shape index (κ2) is 7.48. The van der Waals surface area contributed by atoms with Crippen molar-refractivity contribution in [3.05, 3.63) is 28.8 Å². The standard InChI is InChI=1S/C20H33NO3S/c1-12(2)15-10-16(13(3)4)18(17(11-15)14(5)6)25(23,24)21-19(22)20(7,8)9/h10-14H,1-9H3,(H,21,22). The number of nitrogens with one attached hydrogen (secondary N) is 1. The number of carbonyl (C=O) groups is 1. The third kappa shape index (κ3) is 5.06. The van der Waals surface area contributed by atoms with Gasteiger partial charge in [-0.15, -0.1) is 0 Å². The van der Waals surface area contributed by atoms with Crippen molar-refractivity contribution in [1.82, 2.24) is 4.72 Å². The molecule has 1 aromatic rings. The zero-order chi connectivity index (χ0) is 19.7. The van der Waals surface area contributed by atoms with Gasteiger partial charge in [-0.25, -0.2) is 13.1 Å². The third-order valence-electron chi connectivity index (χ3n) is 4.26. The molecule has 5 heteroatoms. The van der Waals surface area contributed by atoms with Gasteiger partial charge in [-0.3, -0.25) is 4.79 Å². The van der Waals surface area contributed by atoms with Crippen LogP contribution < -0.4 is 4.72 Å². The van der Waals surface area contributed by atoms with Gasteiger partial charge >= 0.3 is 0 Å². The molecule has 0 aromatic heterocycles. The van der Waals surface area contributed by atoms with Gasteiger partial charge in [0, 0.05) is 5.41 Å². The fourth-order valence-corrected chi connectivity index (χ4v) is 4.39. The van der Waals surface area contributed by atoms with Crippen LogP contribution in [0.5, 0.6) is 0 Å². The maximum Gasteiger partial charge on any atom is 0.264 e. The Morgan fingerprint density at radius 3 is 1.56 bits per heavy atom. The molecule has 0 saturated carbocycles. The van der Waals surface area contributed by atoms with Gasteiger partial charge in [0.1, 0.15) is 0 Å². The van der Waals surface area contributed by atoms with E-state index in [2.05, 4.69) is 18.6 Å². The number of benzene rings is 1. The summed E-state index contributed by atoms with van der Waals surface area (Å²) in [6, 6.07) is 3.94. The fourth-order valence-electron chi connectivity index (χ4n) is 2.53. The Morgan fingerprint density at radius 1 is 0.880 bits per heavy atom. The van der Waals surface area contributed by atoms with E-state index in [-0.39, 0.29) is 16.7 Å². The van der Waals surface area contributed by atoms with Crippen LogP contribution in [0.4, 0.5) is 0 Å². The van der Waals surface area contributed by atoms with Crippen LogP contribution in [0.2, 0.25) is 0 Å². The number of amides is 1. The first-order valence-electron chi connectivity index (χ1n) is 8.93. The van der Waals surface area contributed by atoms with Crippen molar-refractivity contribution in [2.45, 2.75) is 85.0 Å². The molecule has 142 valence electrons. The predicted molar refractivity (Wildman–Crippen MR) is 103 cm³/mol. The van der Waals surface area contributed by atoms with E-state index in [1.54, 1.807) is 20.8 Å². The summed E-state index contributed by atoms with van der Waals surface area (Å²) >= 11 is 0. The molecule has 25 heavy (non-hydrogen) atoms. The second-order valence-electron chi connectivity index (χ2n) is 8.68. The van der Waals surface area contributed by atoms with Crippen molar-refractivity contribution < 1.29 is 13.2 Å². The van der Waals surface area contributed by atoms with Gasteiger partial charge in [-0.05, 0) is 34.4 Å². The highest BCUT2D eigenvalue weighted by Crippen LogP contribution is 2.35. The Morgan fingerprint density at radius 2 is 1.28 bits per heavy atom. The fraction of sp³-hybridized carbons (Fsp3) is 0.650. The molecule has 0 aliphatic carbocycles. The first kappa shape index (κ1) is 21.7. The monoisotopic (exact) mass is 367 g/mol. The van der Waals surface area contributed by atoms with Crippen molar-refractivity contribution in [2.75, 3.05) is 0 Å². The van der Waals surface area contributed by atoms with E-state index in [1.807, 2.05) is 39.8 Å². The average Bonchev–Trinajstić information content (AvgIpc) is 2.43. The van der Waals surface area contributed by atoms with Crippen molar-refractivity contribution in [1.29, 1.82) is 0 Å².